The molecule has 138 valence electrons. The van der Waals surface area contributed by atoms with Crippen LogP contribution in [0, 0.1) is 23.7 Å². The van der Waals surface area contributed by atoms with Crippen molar-refractivity contribution in [2.24, 2.45) is 23.7 Å². The average Bonchev–Trinajstić information content (AvgIpc) is 3.45. The zero-order chi connectivity index (χ0) is 18.5. The first-order valence-corrected chi connectivity index (χ1v) is 11.3. The van der Waals surface area contributed by atoms with Crippen LogP contribution in [0.4, 0.5) is 0 Å². The van der Waals surface area contributed by atoms with Crippen LogP contribution in [0.25, 0.3) is 0 Å². The van der Waals surface area contributed by atoms with Gasteiger partial charge >= 0.3 is 73.9 Å². The molecule has 4 bridgehead atoms. The van der Waals surface area contributed by atoms with Crippen LogP contribution in [0.15, 0.2) is 46.9 Å². The summed E-state index contributed by atoms with van der Waals surface area (Å²) in [6.45, 7) is 0. The molecule has 1 heterocycles. The Labute approximate surface area is 160 Å². The van der Waals surface area contributed by atoms with Crippen LogP contribution >= 0.6 is 0 Å². The molecule has 0 saturated heterocycles. The van der Waals surface area contributed by atoms with Gasteiger partial charge in [0.25, 0.3) is 0 Å². The molecular formula is C21H25AsO4. The van der Waals surface area contributed by atoms with Gasteiger partial charge < -0.3 is 0 Å². The monoisotopic (exact) mass is 416 g/mol. The van der Waals surface area contributed by atoms with Crippen LogP contribution < -0.4 is 0 Å². The molecule has 5 aliphatic rings. The molecule has 4 nitrogen and oxygen atoms in total. The topological polar surface area (TPSA) is 74.6 Å². The first kappa shape index (κ1) is 19.1. The second-order valence-electron chi connectivity index (χ2n) is 7.45. The molecule has 2 N–H and O–H groups in total. The Hall–Kier alpha value is -1.67. The van der Waals surface area contributed by atoms with Crippen LogP contribution in [0.1, 0.15) is 38.5 Å². The minimum absolute atomic E-state index is 0.0289. The molecule has 26 heavy (non-hydrogen) atoms. The third-order valence-corrected chi connectivity index (χ3v) is 7.70. The van der Waals surface area contributed by atoms with Crippen molar-refractivity contribution in [3.05, 3.63) is 46.9 Å². The molecule has 0 aromatic rings. The predicted molar refractivity (Wildman–Crippen MR) is 103 cm³/mol. The Kier molecular flexibility index (Phi) is 6.47. The van der Waals surface area contributed by atoms with Crippen molar-refractivity contribution >= 4 is 31.6 Å². The Balaban J connectivity index is 0.000000119. The Bertz CT molecular complexity index is 630. The second kappa shape index (κ2) is 8.81. The fourth-order valence-electron chi connectivity index (χ4n) is 4.18. The number of carbonyl (C=O) groups is 2. The summed E-state index contributed by atoms with van der Waals surface area (Å²) in [5.74, 6) is 1.66. The van der Waals surface area contributed by atoms with Gasteiger partial charge in [-0.15, -0.1) is 0 Å². The maximum absolute atomic E-state index is 10.5. The molecule has 5 heteroatoms. The van der Waals surface area contributed by atoms with Crippen molar-refractivity contribution in [2.75, 3.05) is 0 Å². The van der Waals surface area contributed by atoms with Gasteiger partial charge in [0.1, 0.15) is 0 Å². The summed E-state index contributed by atoms with van der Waals surface area (Å²) >= 11 is -0.637. The van der Waals surface area contributed by atoms with E-state index in [0.717, 1.165) is 23.7 Å². The number of rotatable bonds is 2. The molecule has 4 unspecified atom stereocenters. The van der Waals surface area contributed by atoms with Gasteiger partial charge in [0.2, 0.25) is 0 Å². The van der Waals surface area contributed by atoms with Gasteiger partial charge in [-0.05, 0) is 62.2 Å². The van der Waals surface area contributed by atoms with Crippen molar-refractivity contribution < 1.29 is 19.8 Å². The van der Waals surface area contributed by atoms with Crippen molar-refractivity contribution in [2.45, 2.75) is 38.5 Å². The summed E-state index contributed by atoms with van der Waals surface area (Å²) in [4.78, 5) is 22.7. The van der Waals surface area contributed by atoms with Crippen molar-refractivity contribution in [3.63, 3.8) is 0 Å². The predicted octanol–water partition coefficient (Wildman–Crippen LogP) is 3.43. The Morgan fingerprint density at radius 2 is 1.27 bits per heavy atom. The van der Waals surface area contributed by atoms with Crippen LogP contribution in [0.5, 0.6) is 0 Å². The maximum atomic E-state index is 10.5. The minimum atomic E-state index is -1.17. The van der Waals surface area contributed by atoms with Gasteiger partial charge in [0, 0.05) is 0 Å². The van der Waals surface area contributed by atoms with Gasteiger partial charge in [0.05, 0.1) is 0 Å². The third kappa shape index (κ3) is 4.94. The Morgan fingerprint density at radius 1 is 0.808 bits per heavy atom. The van der Waals surface area contributed by atoms with E-state index in [1.54, 1.807) is 10.9 Å². The number of allylic oxidation sites excluding steroid dienone is 6. The summed E-state index contributed by atoms with van der Waals surface area (Å²) in [7, 11) is 0. The zero-order valence-corrected chi connectivity index (χ0v) is 16.6. The number of carboxylic acid groups (broad SMARTS) is 2. The summed E-state index contributed by atoms with van der Waals surface area (Å²) in [5, 5.41) is 17.2. The van der Waals surface area contributed by atoms with E-state index in [1.807, 2.05) is 0 Å². The summed E-state index contributed by atoms with van der Waals surface area (Å²) in [5.41, 5.74) is -0.0926. The molecule has 4 aliphatic carbocycles. The molecule has 0 spiro atoms. The fraction of sp³-hybridized carbons (Fsp3) is 0.476. The van der Waals surface area contributed by atoms with Crippen LogP contribution in [0.2, 0.25) is 0 Å². The van der Waals surface area contributed by atoms with Crippen molar-refractivity contribution in [1.82, 2.24) is 0 Å². The van der Waals surface area contributed by atoms with E-state index >= 15 is 0 Å². The van der Waals surface area contributed by atoms with Gasteiger partial charge in [-0.3, -0.25) is 0 Å². The second-order valence-corrected chi connectivity index (χ2v) is 9.55. The van der Waals surface area contributed by atoms with Crippen LogP contribution in [0.3, 0.4) is 0 Å². The quantitative estimate of drug-likeness (QED) is 0.534. The summed E-state index contributed by atoms with van der Waals surface area (Å²) < 4.78 is 0.0289. The first-order chi connectivity index (χ1) is 12.5. The first-order valence-electron chi connectivity index (χ1n) is 9.31. The molecule has 4 atom stereocenters. The van der Waals surface area contributed by atoms with Gasteiger partial charge in [-0.1, -0.05) is 24.3 Å². The van der Waals surface area contributed by atoms with Gasteiger partial charge in [0.15, 0.2) is 0 Å². The molecule has 2 saturated carbocycles. The van der Waals surface area contributed by atoms with E-state index in [2.05, 4.69) is 24.3 Å². The molecule has 0 radical (unpaired) electrons. The molecule has 0 aromatic carbocycles. The molecular weight excluding hydrogens is 391 g/mol. The van der Waals surface area contributed by atoms with E-state index in [1.165, 1.54) is 44.6 Å². The van der Waals surface area contributed by atoms with E-state index < -0.39 is 27.2 Å². The van der Waals surface area contributed by atoms with E-state index in [-0.39, 0.29) is 9.88 Å². The standard InChI is InChI=1S/C7H5AsO4.2C7H10/c9-6(10)4-2-1-3-8-5(4)7(11)12;2*1-2-7-4-3-6(1)5-7/h1-3H,(H,9,10)(H,11,12);2*1-2,6-7H,3-5H2. The van der Waals surface area contributed by atoms with Crippen molar-refractivity contribution in [1.29, 1.82) is 0 Å². The normalized spacial score (nSPS) is 32.2. The Morgan fingerprint density at radius 3 is 1.50 bits per heavy atom. The molecule has 2 fully saturated rings. The summed E-state index contributed by atoms with van der Waals surface area (Å²) in [6.07, 6.45) is 21.3. The average molecular weight is 416 g/mol. The number of carboxylic acids is 2. The van der Waals surface area contributed by atoms with Gasteiger partial charge in [-0.25, -0.2) is 0 Å². The number of hydrogen-bond donors (Lipinski definition) is 2. The zero-order valence-electron chi connectivity index (χ0n) is 14.8. The SMILES string of the molecule is C1=CC2CCC1C2.C1=CC2CCC1C2.O=C(O)C1=CC=C[As]=C1C(=O)O. The molecule has 1 aliphatic heterocycles. The number of aliphatic carboxylic acids is 2. The summed E-state index contributed by atoms with van der Waals surface area (Å²) in [6, 6.07) is 0. The van der Waals surface area contributed by atoms with Gasteiger partial charge in [-0.2, -0.15) is 0 Å². The van der Waals surface area contributed by atoms with E-state index in [4.69, 9.17) is 10.2 Å². The number of fused-ring (bicyclic) bond motifs is 4. The van der Waals surface area contributed by atoms with E-state index in [9.17, 15) is 9.59 Å². The fourth-order valence-corrected chi connectivity index (χ4v) is 5.74. The van der Waals surface area contributed by atoms with E-state index in [0.29, 0.717) is 0 Å². The van der Waals surface area contributed by atoms with Crippen molar-refractivity contribution in [3.8, 4) is 0 Å². The molecule has 5 rings (SSSR count). The number of hydrogen-bond acceptors (Lipinski definition) is 2. The molecule has 0 amide bonds. The van der Waals surface area contributed by atoms with Crippen LogP contribution in [-0.2, 0) is 9.59 Å². The molecule has 0 aromatic heterocycles. The van der Waals surface area contributed by atoms with Crippen LogP contribution in [-0.4, -0.2) is 41.8 Å². The third-order valence-electron chi connectivity index (χ3n) is 5.58.